The minimum Gasteiger partial charge on any atom is -0.490 e. The normalized spacial score (nSPS) is 10.9. The van der Waals surface area contributed by atoms with Crippen LogP contribution in [0.5, 0.6) is 17.4 Å². The standard InChI is InChI=1S/C20H26N4O2/c1-4-13-22-20(21-5-2)24-15-16-11-12-19(23-14-16)26-18-10-8-7-9-17(18)25-6-3/h4,7-12,14H,1,5-6,13,15H2,2-3H3,(H2,21,22,24). The fraction of sp³-hybridized carbons (Fsp3) is 0.300. The number of nitrogens with zero attached hydrogens (tertiary/aromatic N) is 2. The van der Waals surface area contributed by atoms with Gasteiger partial charge in [0, 0.05) is 25.4 Å². The van der Waals surface area contributed by atoms with E-state index in [4.69, 9.17) is 9.47 Å². The first-order chi connectivity index (χ1) is 12.8. The van der Waals surface area contributed by atoms with E-state index in [1.807, 2.05) is 50.2 Å². The largest absolute Gasteiger partial charge is 0.490 e. The number of para-hydroxylation sites is 2. The van der Waals surface area contributed by atoms with Crippen LogP contribution in [-0.2, 0) is 6.54 Å². The van der Waals surface area contributed by atoms with Gasteiger partial charge in [-0.2, -0.15) is 0 Å². The van der Waals surface area contributed by atoms with Gasteiger partial charge in [-0.1, -0.05) is 24.3 Å². The van der Waals surface area contributed by atoms with Crippen LogP contribution in [0.4, 0.5) is 0 Å². The first kappa shape index (κ1) is 19.3. The van der Waals surface area contributed by atoms with Gasteiger partial charge in [-0.25, -0.2) is 9.98 Å². The number of ether oxygens (including phenoxy) is 2. The molecule has 6 heteroatoms. The van der Waals surface area contributed by atoms with E-state index in [1.54, 1.807) is 12.3 Å². The topological polar surface area (TPSA) is 67.8 Å². The van der Waals surface area contributed by atoms with Gasteiger partial charge < -0.3 is 20.1 Å². The Hall–Kier alpha value is -3.02. The molecule has 0 spiro atoms. The third-order valence-corrected chi connectivity index (χ3v) is 3.34. The highest BCUT2D eigenvalue weighted by Gasteiger charge is 2.06. The molecule has 0 unspecified atom stereocenters. The fourth-order valence-corrected chi connectivity index (χ4v) is 2.17. The molecule has 138 valence electrons. The molecule has 0 aliphatic carbocycles. The second-order valence-electron chi connectivity index (χ2n) is 5.35. The highest BCUT2D eigenvalue weighted by Crippen LogP contribution is 2.30. The molecule has 0 aliphatic rings. The Morgan fingerprint density at radius 2 is 1.96 bits per heavy atom. The summed E-state index contributed by atoms with van der Waals surface area (Å²) in [6.45, 7) is 10.2. The molecule has 0 atom stereocenters. The van der Waals surface area contributed by atoms with Gasteiger partial charge in [-0.3, -0.25) is 0 Å². The Morgan fingerprint density at radius 1 is 1.15 bits per heavy atom. The molecule has 0 radical (unpaired) electrons. The molecule has 2 aromatic rings. The third kappa shape index (κ3) is 6.12. The Balaban J connectivity index is 2.00. The minimum atomic E-state index is 0.515. The van der Waals surface area contributed by atoms with Crippen molar-refractivity contribution in [2.24, 2.45) is 4.99 Å². The van der Waals surface area contributed by atoms with Gasteiger partial charge in [-0.15, -0.1) is 6.58 Å². The van der Waals surface area contributed by atoms with Crippen LogP contribution in [0.2, 0.25) is 0 Å². The lowest BCUT2D eigenvalue weighted by Crippen LogP contribution is -2.37. The van der Waals surface area contributed by atoms with Gasteiger partial charge in [0.1, 0.15) is 0 Å². The van der Waals surface area contributed by atoms with E-state index in [9.17, 15) is 0 Å². The molecule has 0 saturated heterocycles. The van der Waals surface area contributed by atoms with Crippen molar-refractivity contribution in [1.29, 1.82) is 0 Å². The molecule has 1 aromatic heterocycles. The summed E-state index contributed by atoms with van der Waals surface area (Å²) in [5, 5.41) is 6.35. The van der Waals surface area contributed by atoms with Gasteiger partial charge in [0.25, 0.3) is 0 Å². The fourth-order valence-electron chi connectivity index (χ4n) is 2.17. The highest BCUT2D eigenvalue weighted by atomic mass is 16.5. The smallest absolute Gasteiger partial charge is 0.219 e. The average Bonchev–Trinajstić information content (AvgIpc) is 2.67. The SMILES string of the molecule is C=CCNC(=NCc1ccc(Oc2ccccc2OCC)nc1)NCC. The van der Waals surface area contributed by atoms with Crippen LogP contribution in [0, 0.1) is 0 Å². The maximum atomic E-state index is 5.83. The Bertz CT molecular complexity index is 714. The average molecular weight is 354 g/mol. The van der Waals surface area contributed by atoms with Crippen molar-refractivity contribution in [3.8, 4) is 17.4 Å². The van der Waals surface area contributed by atoms with Crippen LogP contribution >= 0.6 is 0 Å². The summed E-state index contributed by atoms with van der Waals surface area (Å²) < 4.78 is 11.4. The van der Waals surface area contributed by atoms with Gasteiger partial charge >= 0.3 is 0 Å². The summed E-state index contributed by atoms with van der Waals surface area (Å²) >= 11 is 0. The molecule has 0 bridgehead atoms. The van der Waals surface area contributed by atoms with Crippen molar-refractivity contribution in [1.82, 2.24) is 15.6 Å². The number of aliphatic imine (C=N–C) groups is 1. The predicted octanol–water partition coefficient (Wildman–Crippen LogP) is 3.51. The van der Waals surface area contributed by atoms with Crippen molar-refractivity contribution in [2.45, 2.75) is 20.4 Å². The molecule has 6 nitrogen and oxygen atoms in total. The second-order valence-corrected chi connectivity index (χ2v) is 5.35. The van der Waals surface area contributed by atoms with Crippen molar-refractivity contribution >= 4 is 5.96 Å². The maximum absolute atomic E-state index is 5.83. The number of rotatable bonds is 9. The zero-order valence-electron chi connectivity index (χ0n) is 15.4. The van der Waals surface area contributed by atoms with Crippen molar-refractivity contribution in [2.75, 3.05) is 19.7 Å². The minimum absolute atomic E-state index is 0.515. The van der Waals surface area contributed by atoms with Crippen LogP contribution in [0.25, 0.3) is 0 Å². The van der Waals surface area contributed by atoms with Gasteiger partial charge in [0.15, 0.2) is 17.5 Å². The van der Waals surface area contributed by atoms with Crippen LogP contribution in [0.15, 0.2) is 60.2 Å². The Kier molecular flexibility index (Phi) is 7.99. The number of hydrogen-bond acceptors (Lipinski definition) is 4. The van der Waals surface area contributed by atoms with E-state index >= 15 is 0 Å². The maximum Gasteiger partial charge on any atom is 0.219 e. The monoisotopic (exact) mass is 354 g/mol. The van der Waals surface area contributed by atoms with Gasteiger partial charge in [0.2, 0.25) is 5.88 Å². The van der Waals surface area contributed by atoms with E-state index in [0.29, 0.717) is 37.1 Å². The van der Waals surface area contributed by atoms with Gasteiger partial charge in [0.05, 0.1) is 13.2 Å². The van der Waals surface area contributed by atoms with Crippen molar-refractivity contribution in [3.05, 3.63) is 60.8 Å². The summed E-state index contributed by atoms with van der Waals surface area (Å²) in [7, 11) is 0. The quantitative estimate of drug-likeness (QED) is 0.410. The molecular weight excluding hydrogens is 328 g/mol. The van der Waals surface area contributed by atoms with Crippen LogP contribution in [-0.4, -0.2) is 30.6 Å². The lowest BCUT2D eigenvalue weighted by molar-refractivity contribution is 0.319. The Morgan fingerprint density at radius 3 is 2.62 bits per heavy atom. The number of nitrogens with one attached hydrogen (secondary N) is 2. The first-order valence-corrected chi connectivity index (χ1v) is 8.74. The van der Waals surface area contributed by atoms with Gasteiger partial charge in [-0.05, 0) is 31.5 Å². The lowest BCUT2D eigenvalue weighted by Gasteiger charge is -2.11. The number of hydrogen-bond donors (Lipinski definition) is 2. The molecular formula is C20H26N4O2. The van der Waals surface area contributed by atoms with Crippen LogP contribution in [0.3, 0.4) is 0 Å². The number of benzene rings is 1. The molecule has 26 heavy (non-hydrogen) atoms. The van der Waals surface area contributed by atoms with Crippen molar-refractivity contribution in [3.63, 3.8) is 0 Å². The molecule has 0 saturated carbocycles. The number of aromatic nitrogens is 1. The van der Waals surface area contributed by atoms with Crippen LogP contribution < -0.4 is 20.1 Å². The summed E-state index contributed by atoms with van der Waals surface area (Å²) in [6, 6.07) is 11.3. The van der Waals surface area contributed by atoms with E-state index < -0.39 is 0 Å². The van der Waals surface area contributed by atoms with E-state index in [2.05, 4.69) is 27.2 Å². The Labute approximate surface area is 155 Å². The molecule has 1 aromatic carbocycles. The van der Waals surface area contributed by atoms with Crippen LogP contribution in [0.1, 0.15) is 19.4 Å². The number of guanidine groups is 1. The number of pyridine rings is 1. The zero-order valence-corrected chi connectivity index (χ0v) is 15.4. The second kappa shape index (κ2) is 10.8. The molecule has 2 N–H and O–H groups in total. The van der Waals surface area contributed by atoms with Crippen molar-refractivity contribution < 1.29 is 9.47 Å². The lowest BCUT2D eigenvalue weighted by atomic mass is 10.3. The predicted molar refractivity (Wildman–Crippen MR) is 105 cm³/mol. The summed E-state index contributed by atoms with van der Waals surface area (Å²) in [5.74, 6) is 2.62. The molecule has 1 heterocycles. The molecule has 0 amide bonds. The molecule has 0 fully saturated rings. The summed E-state index contributed by atoms with van der Waals surface area (Å²) in [5.41, 5.74) is 0.992. The summed E-state index contributed by atoms with van der Waals surface area (Å²) in [4.78, 5) is 8.88. The first-order valence-electron chi connectivity index (χ1n) is 8.74. The van der Waals surface area contributed by atoms with E-state index in [1.165, 1.54) is 0 Å². The third-order valence-electron chi connectivity index (χ3n) is 3.34. The van der Waals surface area contributed by atoms with E-state index in [0.717, 1.165) is 18.1 Å². The molecule has 2 rings (SSSR count). The highest BCUT2D eigenvalue weighted by molar-refractivity contribution is 5.79. The van der Waals surface area contributed by atoms with E-state index in [-0.39, 0.29) is 0 Å². The zero-order chi connectivity index (χ0) is 18.6. The molecule has 0 aliphatic heterocycles. The summed E-state index contributed by atoms with van der Waals surface area (Å²) in [6.07, 6.45) is 3.56.